The van der Waals surface area contributed by atoms with Gasteiger partial charge in [-0.05, 0) is 44.0 Å². The first-order valence-electron chi connectivity index (χ1n) is 7.82. The molecule has 2 aromatic carbocycles. The summed E-state index contributed by atoms with van der Waals surface area (Å²) in [5.41, 5.74) is 3.67. The Kier molecular flexibility index (Phi) is 4.15. The van der Waals surface area contributed by atoms with Crippen LogP contribution in [-0.4, -0.2) is 24.3 Å². The molecule has 0 aromatic heterocycles. The second-order valence-electron chi connectivity index (χ2n) is 5.87. The summed E-state index contributed by atoms with van der Waals surface area (Å²) < 4.78 is 0. The molecule has 3 rings (SSSR count). The van der Waals surface area contributed by atoms with Crippen LogP contribution in [0.25, 0.3) is 0 Å². The van der Waals surface area contributed by atoms with Crippen molar-refractivity contribution in [2.45, 2.75) is 26.3 Å². The van der Waals surface area contributed by atoms with E-state index >= 15 is 0 Å². The SMILES string of the molecule is CC(=O)c1cccc(NC(=O)[C@H](C)N2CCc3ccccc32)c1. The van der Waals surface area contributed by atoms with Gasteiger partial charge in [0.1, 0.15) is 6.04 Å². The van der Waals surface area contributed by atoms with E-state index in [4.69, 9.17) is 0 Å². The van der Waals surface area contributed by atoms with Crippen LogP contribution in [0, 0.1) is 0 Å². The number of nitrogens with one attached hydrogen (secondary N) is 1. The minimum Gasteiger partial charge on any atom is -0.359 e. The highest BCUT2D eigenvalue weighted by Crippen LogP contribution is 2.29. The summed E-state index contributed by atoms with van der Waals surface area (Å²) in [6.45, 7) is 4.28. The maximum Gasteiger partial charge on any atom is 0.246 e. The Bertz CT molecular complexity index is 755. The lowest BCUT2D eigenvalue weighted by molar-refractivity contribution is -0.117. The molecule has 0 spiro atoms. The highest BCUT2D eigenvalue weighted by Gasteiger charge is 2.27. The number of ketones is 1. The molecule has 0 saturated heterocycles. The molecule has 4 nitrogen and oxygen atoms in total. The topological polar surface area (TPSA) is 49.4 Å². The second-order valence-corrected chi connectivity index (χ2v) is 5.87. The predicted molar refractivity (Wildman–Crippen MR) is 92.0 cm³/mol. The monoisotopic (exact) mass is 308 g/mol. The maximum atomic E-state index is 12.6. The van der Waals surface area contributed by atoms with Crippen LogP contribution in [-0.2, 0) is 11.2 Å². The molecule has 1 aliphatic heterocycles. The first kappa shape index (κ1) is 15.3. The van der Waals surface area contributed by atoms with Crippen molar-refractivity contribution in [2.24, 2.45) is 0 Å². The van der Waals surface area contributed by atoms with Gasteiger partial charge in [0, 0.05) is 23.5 Å². The van der Waals surface area contributed by atoms with Crippen LogP contribution >= 0.6 is 0 Å². The van der Waals surface area contributed by atoms with Crippen molar-refractivity contribution >= 4 is 23.1 Å². The number of benzene rings is 2. The summed E-state index contributed by atoms with van der Waals surface area (Å²) >= 11 is 0. The highest BCUT2D eigenvalue weighted by atomic mass is 16.2. The normalized spacial score (nSPS) is 14.3. The molecule has 2 aromatic rings. The summed E-state index contributed by atoms with van der Waals surface area (Å²) in [5, 5.41) is 2.91. The third-order valence-corrected chi connectivity index (χ3v) is 4.31. The number of amides is 1. The van der Waals surface area contributed by atoms with E-state index in [0.717, 1.165) is 18.7 Å². The van der Waals surface area contributed by atoms with Crippen molar-refractivity contribution < 1.29 is 9.59 Å². The molecular formula is C19H20N2O2. The Hall–Kier alpha value is -2.62. The number of fused-ring (bicyclic) bond motifs is 1. The second kappa shape index (κ2) is 6.24. The molecule has 118 valence electrons. The molecule has 0 radical (unpaired) electrons. The van der Waals surface area contributed by atoms with Gasteiger partial charge < -0.3 is 10.2 Å². The molecule has 0 aliphatic carbocycles. The summed E-state index contributed by atoms with van der Waals surface area (Å²) in [6, 6.07) is 15.0. The first-order chi connectivity index (χ1) is 11.1. The smallest absolute Gasteiger partial charge is 0.246 e. The van der Waals surface area contributed by atoms with E-state index in [1.54, 1.807) is 24.3 Å². The minimum atomic E-state index is -0.264. The van der Waals surface area contributed by atoms with E-state index < -0.39 is 0 Å². The van der Waals surface area contributed by atoms with Gasteiger partial charge in [-0.3, -0.25) is 9.59 Å². The molecule has 0 fully saturated rings. The number of Topliss-reactive ketones (excluding diaryl/α,β-unsaturated/α-hetero) is 1. The molecule has 1 atom stereocenters. The quantitative estimate of drug-likeness (QED) is 0.882. The zero-order valence-corrected chi connectivity index (χ0v) is 13.4. The Morgan fingerprint density at radius 1 is 1.13 bits per heavy atom. The molecule has 1 aliphatic rings. The fraction of sp³-hybridized carbons (Fsp3) is 0.263. The van der Waals surface area contributed by atoms with Gasteiger partial charge in [0.15, 0.2) is 5.78 Å². The van der Waals surface area contributed by atoms with Crippen LogP contribution in [0.3, 0.4) is 0 Å². The van der Waals surface area contributed by atoms with Gasteiger partial charge in [0.2, 0.25) is 5.91 Å². The fourth-order valence-electron chi connectivity index (χ4n) is 2.97. The summed E-state index contributed by atoms with van der Waals surface area (Å²) in [5.74, 6) is -0.0787. The van der Waals surface area contributed by atoms with E-state index in [1.807, 2.05) is 19.1 Å². The lowest BCUT2D eigenvalue weighted by Gasteiger charge is -2.26. The van der Waals surface area contributed by atoms with E-state index in [0.29, 0.717) is 11.3 Å². The standard InChI is InChI=1S/C19H20N2O2/c1-13(21-11-10-15-6-3-4-9-18(15)21)19(23)20-17-8-5-7-16(12-17)14(2)22/h3-9,12-13H,10-11H2,1-2H3,(H,20,23)/t13-/m0/s1. The largest absolute Gasteiger partial charge is 0.359 e. The van der Waals surface area contributed by atoms with Crippen LogP contribution in [0.15, 0.2) is 48.5 Å². The van der Waals surface area contributed by atoms with Gasteiger partial charge in [-0.2, -0.15) is 0 Å². The number of nitrogens with zero attached hydrogens (tertiary/aromatic N) is 1. The lowest BCUT2D eigenvalue weighted by atomic mass is 10.1. The Morgan fingerprint density at radius 3 is 2.70 bits per heavy atom. The van der Waals surface area contributed by atoms with Crippen LogP contribution in [0.2, 0.25) is 0 Å². The van der Waals surface area contributed by atoms with Crippen molar-refractivity contribution in [1.29, 1.82) is 0 Å². The molecular weight excluding hydrogens is 288 g/mol. The van der Waals surface area contributed by atoms with Crippen LogP contribution in [0.1, 0.15) is 29.8 Å². The Labute approximate surface area is 136 Å². The molecule has 0 saturated carbocycles. The number of hydrogen-bond donors (Lipinski definition) is 1. The van der Waals surface area contributed by atoms with Gasteiger partial charge in [-0.25, -0.2) is 0 Å². The molecule has 0 bridgehead atoms. The molecule has 4 heteroatoms. The predicted octanol–water partition coefficient (Wildman–Crippen LogP) is 3.28. The fourth-order valence-corrected chi connectivity index (χ4v) is 2.97. The average molecular weight is 308 g/mol. The Balaban J connectivity index is 1.74. The summed E-state index contributed by atoms with van der Waals surface area (Å²) in [7, 11) is 0. The van der Waals surface area contributed by atoms with Crippen molar-refractivity contribution in [3.05, 3.63) is 59.7 Å². The third-order valence-electron chi connectivity index (χ3n) is 4.31. The van der Waals surface area contributed by atoms with Crippen molar-refractivity contribution in [3.8, 4) is 0 Å². The maximum absolute atomic E-state index is 12.6. The first-order valence-corrected chi connectivity index (χ1v) is 7.82. The van der Waals surface area contributed by atoms with Crippen LogP contribution < -0.4 is 10.2 Å². The zero-order valence-electron chi connectivity index (χ0n) is 13.4. The van der Waals surface area contributed by atoms with E-state index in [1.165, 1.54) is 12.5 Å². The third kappa shape index (κ3) is 3.11. The summed E-state index contributed by atoms with van der Waals surface area (Å²) in [6.07, 6.45) is 0.966. The molecule has 1 amide bonds. The molecule has 23 heavy (non-hydrogen) atoms. The van der Waals surface area contributed by atoms with Crippen molar-refractivity contribution in [2.75, 3.05) is 16.8 Å². The number of carbonyl (C=O) groups is 2. The molecule has 1 N–H and O–H groups in total. The number of anilines is 2. The Morgan fingerprint density at radius 2 is 1.91 bits per heavy atom. The van der Waals surface area contributed by atoms with Crippen LogP contribution in [0.5, 0.6) is 0 Å². The summed E-state index contributed by atoms with van der Waals surface area (Å²) in [4.78, 5) is 26.1. The van der Waals surface area contributed by atoms with Crippen LogP contribution in [0.4, 0.5) is 11.4 Å². The van der Waals surface area contributed by atoms with E-state index in [2.05, 4.69) is 22.3 Å². The molecule has 0 unspecified atom stereocenters. The van der Waals surface area contributed by atoms with Gasteiger partial charge in [-0.15, -0.1) is 0 Å². The van der Waals surface area contributed by atoms with Gasteiger partial charge in [0.25, 0.3) is 0 Å². The minimum absolute atomic E-state index is 0.0115. The van der Waals surface area contributed by atoms with Gasteiger partial charge >= 0.3 is 0 Å². The highest BCUT2D eigenvalue weighted by molar-refractivity contribution is 5.99. The van der Waals surface area contributed by atoms with Crippen molar-refractivity contribution in [3.63, 3.8) is 0 Å². The lowest BCUT2D eigenvalue weighted by Crippen LogP contribution is -2.41. The number of carbonyl (C=O) groups excluding carboxylic acids is 2. The molecule has 1 heterocycles. The average Bonchev–Trinajstić information content (AvgIpc) is 2.98. The van der Waals surface area contributed by atoms with Gasteiger partial charge in [-0.1, -0.05) is 30.3 Å². The van der Waals surface area contributed by atoms with Gasteiger partial charge in [0.05, 0.1) is 0 Å². The van der Waals surface area contributed by atoms with E-state index in [9.17, 15) is 9.59 Å². The van der Waals surface area contributed by atoms with Crippen molar-refractivity contribution in [1.82, 2.24) is 0 Å². The number of hydrogen-bond acceptors (Lipinski definition) is 3. The van der Waals surface area contributed by atoms with E-state index in [-0.39, 0.29) is 17.7 Å². The zero-order chi connectivity index (χ0) is 16.4. The number of para-hydroxylation sites is 1. The number of rotatable bonds is 4.